The zero-order chi connectivity index (χ0) is 24.6. The molecule has 184 valence electrons. The molecule has 0 radical (unpaired) electrons. The second-order valence-electron chi connectivity index (χ2n) is 10.1. The summed E-state index contributed by atoms with van der Waals surface area (Å²) in [5.74, 6) is 0.642. The molecule has 4 nitrogen and oxygen atoms in total. The minimum Gasteiger partial charge on any atom is -0.508 e. The van der Waals surface area contributed by atoms with Gasteiger partial charge in [0.05, 0.1) is 12.1 Å². The number of phenolic OH excluding ortho intramolecular Hbond substituents is 1. The van der Waals surface area contributed by atoms with Gasteiger partial charge in [0, 0.05) is 6.54 Å². The van der Waals surface area contributed by atoms with Gasteiger partial charge < -0.3 is 14.7 Å². The van der Waals surface area contributed by atoms with E-state index in [1.165, 1.54) is 42.6 Å². The number of hydrogen-bond donors (Lipinski definition) is 1. The summed E-state index contributed by atoms with van der Waals surface area (Å²) in [6, 6.07) is 13.2. The molecule has 34 heavy (non-hydrogen) atoms. The largest absolute Gasteiger partial charge is 0.508 e. The molecule has 0 unspecified atom stereocenters. The van der Waals surface area contributed by atoms with Crippen molar-refractivity contribution < 1.29 is 19.0 Å². The molecule has 2 aliphatic rings. The van der Waals surface area contributed by atoms with Crippen molar-refractivity contribution in [2.45, 2.75) is 59.3 Å². The Kier molecular flexibility index (Phi) is 9.28. The van der Waals surface area contributed by atoms with Gasteiger partial charge in [0.2, 0.25) is 0 Å². The summed E-state index contributed by atoms with van der Waals surface area (Å²) in [7, 11) is 0. The first-order valence-corrected chi connectivity index (χ1v) is 12.4. The Balaban J connectivity index is 0.000000302. The number of carbonyl (C=O) groups is 1. The van der Waals surface area contributed by atoms with E-state index in [-0.39, 0.29) is 18.4 Å². The molecule has 1 aliphatic carbocycles. The number of benzene rings is 2. The molecule has 2 aromatic carbocycles. The average Bonchev–Trinajstić information content (AvgIpc) is 3.24. The molecule has 1 N–H and O–H groups in total. The van der Waals surface area contributed by atoms with Crippen molar-refractivity contribution in [2.24, 2.45) is 5.41 Å². The highest BCUT2D eigenvalue weighted by molar-refractivity contribution is 5.83. The van der Waals surface area contributed by atoms with Crippen LogP contribution in [0, 0.1) is 5.41 Å². The lowest BCUT2D eigenvalue weighted by Gasteiger charge is -2.18. The van der Waals surface area contributed by atoms with E-state index in [9.17, 15) is 14.3 Å². The van der Waals surface area contributed by atoms with E-state index in [4.69, 9.17) is 4.74 Å². The van der Waals surface area contributed by atoms with Gasteiger partial charge in [0.1, 0.15) is 11.5 Å². The van der Waals surface area contributed by atoms with Crippen LogP contribution in [0.2, 0.25) is 0 Å². The van der Waals surface area contributed by atoms with Crippen LogP contribution in [0.1, 0.15) is 69.6 Å². The van der Waals surface area contributed by atoms with Crippen molar-refractivity contribution >= 4 is 11.5 Å². The second-order valence-corrected chi connectivity index (χ2v) is 10.1. The van der Waals surface area contributed by atoms with Crippen LogP contribution in [0.25, 0.3) is 5.57 Å². The number of allylic oxidation sites excluding steroid dienone is 1. The third-order valence-corrected chi connectivity index (χ3v) is 6.17. The molecular formula is C29H38FNO3. The molecule has 0 atom stereocenters. The van der Waals surface area contributed by atoms with Gasteiger partial charge in [-0.25, -0.2) is 0 Å². The van der Waals surface area contributed by atoms with Crippen LogP contribution in [0.3, 0.4) is 0 Å². The maximum Gasteiger partial charge on any atom is 0.316 e. The minimum atomic E-state index is -0.524. The quantitative estimate of drug-likeness (QED) is 0.400. The second kappa shape index (κ2) is 12.2. The summed E-state index contributed by atoms with van der Waals surface area (Å²) in [6.45, 7) is 8.76. The monoisotopic (exact) mass is 467 g/mol. The van der Waals surface area contributed by atoms with Crippen molar-refractivity contribution in [3.8, 4) is 11.5 Å². The first-order chi connectivity index (χ1) is 16.3. The molecule has 1 heterocycles. The van der Waals surface area contributed by atoms with Crippen LogP contribution in [-0.2, 0) is 11.2 Å². The standard InChI is InChI=1S/C22H24O3.C7H14FN/c1-22(2,3)21(24)25-18-12-13-20-16(14-18)6-4-5-7-19(20)15-8-10-17(23)11-9-15;8-4-3-7-9-5-1-2-6-9/h7-14,23H,4-6H2,1-3H3;1-7H2. The lowest BCUT2D eigenvalue weighted by atomic mass is 9.93. The molecule has 5 heteroatoms. The number of aryl methyl sites for hydroxylation is 1. The summed E-state index contributed by atoms with van der Waals surface area (Å²) in [6.07, 6.45) is 8.61. The Morgan fingerprint density at radius 3 is 2.41 bits per heavy atom. The number of fused-ring (bicyclic) bond motifs is 1. The van der Waals surface area contributed by atoms with Crippen molar-refractivity contribution in [1.82, 2.24) is 4.90 Å². The molecule has 1 aliphatic heterocycles. The van der Waals surface area contributed by atoms with E-state index >= 15 is 0 Å². The van der Waals surface area contributed by atoms with Gasteiger partial charge in [-0.15, -0.1) is 0 Å². The third kappa shape index (κ3) is 7.42. The number of likely N-dealkylation sites (tertiary alicyclic amines) is 1. The van der Waals surface area contributed by atoms with Crippen LogP contribution in [-0.4, -0.2) is 42.3 Å². The van der Waals surface area contributed by atoms with Gasteiger partial charge in [-0.3, -0.25) is 9.18 Å². The van der Waals surface area contributed by atoms with E-state index in [2.05, 4.69) is 11.0 Å². The Hall–Kier alpha value is -2.66. The molecule has 0 aromatic heterocycles. The van der Waals surface area contributed by atoms with E-state index in [1.807, 2.05) is 51.1 Å². The number of rotatable bonds is 5. The van der Waals surface area contributed by atoms with Crippen molar-refractivity contribution in [1.29, 1.82) is 0 Å². The molecule has 4 rings (SSSR count). The van der Waals surface area contributed by atoms with Crippen LogP contribution in [0.4, 0.5) is 4.39 Å². The van der Waals surface area contributed by atoms with E-state index < -0.39 is 5.41 Å². The van der Waals surface area contributed by atoms with E-state index in [0.717, 1.165) is 37.8 Å². The van der Waals surface area contributed by atoms with Gasteiger partial charge in [0.25, 0.3) is 0 Å². The first-order valence-electron chi connectivity index (χ1n) is 12.4. The maximum atomic E-state index is 12.1. The summed E-state index contributed by atoms with van der Waals surface area (Å²) < 4.78 is 17.2. The minimum absolute atomic E-state index is 0.156. The zero-order valence-corrected chi connectivity index (χ0v) is 20.8. The highest BCUT2D eigenvalue weighted by Gasteiger charge is 2.24. The molecule has 0 spiro atoms. The van der Waals surface area contributed by atoms with Crippen LogP contribution in [0.5, 0.6) is 11.5 Å². The summed E-state index contributed by atoms with van der Waals surface area (Å²) in [5, 5.41) is 9.52. The molecule has 1 saturated heterocycles. The van der Waals surface area contributed by atoms with E-state index in [0.29, 0.717) is 5.75 Å². The number of esters is 1. The Bertz CT molecular complexity index is 970. The Labute approximate surface area is 203 Å². The van der Waals surface area contributed by atoms with Gasteiger partial charge in [-0.1, -0.05) is 24.3 Å². The van der Waals surface area contributed by atoms with Crippen LogP contribution >= 0.6 is 0 Å². The lowest BCUT2D eigenvalue weighted by molar-refractivity contribution is -0.143. The highest BCUT2D eigenvalue weighted by atomic mass is 19.1. The highest BCUT2D eigenvalue weighted by Crippen LogP contribution is 2.34. The number of carbonyl (C=O) groups excluding carboxylic acids is 1. The molecular weight excluding hydrogens is 429 g/mol. The van der Waals surface area contributed by atoms with Crippen LogP contribution in [0.15, 0.2) is 48.5 Å². The van der Waals surface area contributed by atoms with Gasteiger partial charge in [0.15, 0.2) is 0 Å². The fourth-order valence-electron chi connectivity index (χ4n) is 4.22. The van der Waals surface area contributed by atoms with Crippen molar-refractivity contribution in [3.05, 3.63) is 65.2 Å². The molecule has 2 aromatic rings. The van der Waals surface area contributed by atoms with Crippen molar-refractivity contribution in [3.63, 3.8) is 0 Å². The molecule has 0 saturated carbocycles. The summed E-state index contributed by atoms with van der Waals surface area (Å²) in [5.41, 5.74) is 4.08. The Morgan fingerprint density at radius 2 is 1.76 bits per heavy atom. The first kappa shape index (κ1) is 26.0. The number of aromatic hydroxyl groups is 1. The van der Waals surface area contributed by atoms with Crippen LogP contribution < -0.4 is 4.74 Å². The topological polar surface area (TPSA) is 49.8 Å². The fraction of sp³-hybridized carbons (Fsp3) is 0.483. The van der Waals surface area contributed by atoms with Gasteiger partial charge in [-0.05, 0) is 119 Å². The van der Waals surface area contributed by atoms with Gasteiger partial charge >= 0.3 is 5.97 Å². The molecule has 0 bridgehead atoms. The zero-order valence-electron chi connectivity index (χ0n) is 20.8. The fourth-order valence-corrected chi connectivity index (χ4v) is 4.22. The predicted molar refractivity (Wildman–Crippen MR) is 136 cm³/mol. The number of ether oxygens (including phenoxy) is 1. The number of alkyl halides is 1. The number of hydrogen-bond acceptors (Lipinski definition) is 4. The number of phenols is 1. The van der Waals surface area contributed by atoms with Crippen molar-refractivity contribution in [2.75, 3.05) is 26.3 Å². The molecule has 0 amide bonds. The molecule has 1 fully saturated rings. The average molecular weight is 468 g/mol. The number of halogens is 1. The lowest BCUT2D eigenvalue weighted by Crippen LogP contribution is -2.25. The third-order valence-electron chi connectivity index (χ3n) is 6.17. The SMILES string of the molecule is CC(C)(C)C(=O)Oc1ccc2c(c1)CCCC=C2c1ccc(O)cc1.FCCCN1CCCC1. The predicted octanol–water partition coefficient (Wildman–Crippen LogP) is 6.55. The smallest absolute Gasteiger partial charge is 0.316 e. The normalized spacial score (nSPS) is 16.1. The summed E-state index contributed by atoms with van der Waals surface area (Å²) in [4.78, 5) is 14.5. The number of nitrogens with zero attached hydrogens (tertiary/aromatic N) is 1. The summed E-state index contributed by atoms with van der Waals surface area (Å²) >= 11 is 0. The maximum absolute atomic E-state index is 12.1. The van der Waals surface area contributed by atoms with Gasteiger partial charge in [-0.2, -0.15) is 0 Å². The Morgan fingerprint density at radius 1 is 1.06 bits per heavy atom. The van der Waals surface area contributed by atoms with E-state index in [1.54, 1.807) is 12.1 Å².